The summed E-state index contributed by atoms with van der Waals surface area (Å²) in [7, 11) is 1.54. The van der Waals surface area contributed by atoms with Crippen molar-refractivity contribution in [2.24, 2.45) is 0 Å². The molecule has 0 aromatic heterocycles. The predicted molar refractivity (Wildman–Crippen MR) is 76.2 cm³/mol. The lowest BCUT2D eigenvalue weighted by molar-refractivity contribution is 0.102. The van der Waals surface area contributed by atoms with Gasteiger partial charge in [-0.1, -0.05) is 12.1 Å². The Labute approximate surface area is 111 Å². The van der Waals surface area contributed by atoms with Gasteiger partial charge in [-0.25, -0.2) is 0 Å². The zero-order valence-electron chi connectivity index (χ0n) is 10.5. The Morgan fingerprint density at radius 1 is 1.16 bits per heavy atom. The lowest BCUT2D eigenvalue weighted by Gasteiger charge is -2.11. The first-order chi connectivity index (χ1) is 9.11. The second-order valence-corrected chi connectivity index (χ2v) is 4.00. The van der Waals surface area contributed by atoms with Crippen LogP contribution in [0.1, 0.15) is 10.4 Å². The zero-order valence-corrected chi connectivity index (χ0v) is 10.5. The van der Waals surface area contributed by atoms with Crippen LogP contribution in [0.5, 0.6) is 5.75 Å². The Hall–Kier alpha value is -2.69. The van der Waals surface area contributed by atoms with Crippen LogP contribution in [0.25, 0.3) is 0 Å². The molecule has 5 heteroatoms. The molecule has 2 aromatic rings. The van der Waals surface area contributed by atoms with Crippen LogP contribution in [0.2, 0.25) is 0 Å². The van der Waals surface area contributed by atoms with E-state index in [-0.39, 0.29) is 5.91 Å². The molecule has 0 aliphatic rings. The highest BCUT2D eigenvalue weighted by Gasteiger charge is 2.12. The van der Waals surface area contributed by atoms with Gasteiger partial charge in [0.15, 0.2) is 0 Å². The first-order valence-electron chi connectivity index (χ1n) is 5.71. The highest BCUT2D eigenvalue weighted by atomic mass is 16.5. The molecule has 5 nitrogen and oxygen atoms in total. The van der Waals surface area contributed by atoms with E-state index in [2.05, 4.69) is 5.32 Å². The summed E-state index contributed by atoms with van der Waals surface area (Å²) in [4.78, 5) is 12.2. The molecule has 0 atom stereocenters. The SMILES string of the molecule is COc1ccccc1NC(=O)c1cc(N)ccc1N. The van der Waals surface area contributed by atoms with E-state index in [1.165, 1.54) is 0 Å². The first-order valence-corrected chi connectivity index (χ1v) is 5.71. The van der Waals surface area contributed by atoms with Crippen molar-refractivity contribution in [3.05, 3.63) is 48.0 Å². The van der Waals surface area contributed by atoms with Gasteiger partial charge in [-0.2, -0.15) is 0 Å². The van der Waals surface area contributed by atoms with Gasteiger partial charge in [-0.05, 0) is 30.3 Å². The summed E-state index contributed by atoms with van der Waals surface area (Å²) in [6.45, 7) is 0. The Morgan fingerprint density at radius 3 is 2.63 bits per heavy atom. The van der Waals surface area contributed by atoms with Crippen LogP contribution >= 0.6 is 0 Å². The van der Waals surface area contributed by atoms with E-state index in [4.69, 9.17) is 16.2 Å². The summed E-state index contributed by atoms with van der Waals surface area (Å²) in [5.74, 6) is 0.257. The second-order valence-electron chi connectivity index (χ2n) is 4.00. The number of anilines is 3. The van der Waals surface area contributed by atoms with E-state index in [0.717, 1.165) is 0 Å². The number of ether oxygens (including phenoxy) is 1. The van der Waals surface area contributed by atoms with E-state index in [1.807, 2.05) is 6.07 Å². The average molecular weight is 257 g/mol. The van der Waals surface area contributed by atoms with E-state index in [1.54, 1.807) is 43.5 Å². The molecule has 0 aliphatic carbocycles. The number of nitrogens with one attached hydrogen (secondary N) is 1. The largest absolute Gasteiger partial charge is 0.495 e. The van der Waals surface area contributed by atoms with Gasteiger partial charge in [0.25, 0.3) is 5.91 Å². The maximum Gasteiger partial charge on any atom is 0.257 e. The van der Waals surface area contributed by atoms with Crippen LogP contribution in [0, 0.1) is 0 Å². The molecule has 2 aromatic carbocycles. The van der Waals surface area contributed by atoms with Gasteiger partial charge in [-0.15, -0.1) is 0 Å². The van der Waals surface area contributed by atoms with Crippen molar-refractivity contribution >= 4 is 23.0 Å². The number of nitrogen functional groups attached to an aromatic ring is 2. The highest BCUT2D eigenvalue weighted by molar-refractivity contribution is 6.08. The molecule has 0 saturated carbocycles. The number of benzene rings is 2. The van der Waals surface area contributed by atoms with Crippen molar-refractivity contribution in [1.82, 2.24) is 0 Å². The minimum atomic E-state index is -0.325. The van der Waals surface area contributed by atoms with Crippen molar-refractivity contribution in [3.63, 3.8) is 0 Å². The smallest absolute Gasteiger partial charge is 0.257 e. The van der Waals surface area contributed by atoms with Crippen molar-refractivity contribution in [2.75, 3.05) is 23.9 Å². The number of amides is 1. The van der Waals surface area contributed by atoms with Gasteiger partial charge in [0.1, 0.15) is 5.75 Å². The monoisotopic (exact) mass is 257 g/mol. The summed E-state index contributed by atoms with van der Waals surface area (Å²) in [5, 5.41) is 2.75. The van der Waals surface area contributed by atoms with Crippen LogP contribution in [0.4, 0.5) is 17.1 Å². The molecular weight excluding hydrogens is 242 g/mol. The van der Waals surface area contributed by atoms with Crippen LogP contribution in [-0.4, -0.2) is 13.0 Å². The number of hydrogen-bond donors (Lipinski definition) is 3. The Morgan fingerprint density at radius 2 is 1.89 bits per heavy atom. The summed E-state index contributed by atoms with van der Waals surface area (Å²) < 4.78 is 5.17. The van der Waals surface area contributed by atoms with E-state index >= 15 is 0 Å². The fraction of sp³-hybridized carbons (Fsp3) is 0.0714. The summed E-state index contributed by atoms with van der Waals surface area (Å²) in [6, 6.07) is 11.9. The maximum absolute atomic E-state index is 12.2. The van der Waals surface area contributed by atoms with Crippen molar-refractivity contribution in [3.8, 4) is 5.75 Å². The molecule has 0 heterocycles. The first kappa shape index (κ1) is 12.8. The number of carbonyl (C=O) groups excluding carboxylic acids is 1. The fourth-order valence-corrected chi connectivity index (χ4v) is 1.71. The van der Waals surface area contributed by atoms with Gasteiger partial charge < -0.3 is 21.5 Å². The van der Waals surface area contributed by atoms with Crippen molar-refractivity contribution in [1.29, 1.82) is 0 Å². The van der Waals surface area contributed by atoms with E-state index in [9.17, 15) is 4.79 Å². The lowest BCUT2D eigenvalue weighted by Crippen LogP contribution is -2.15. The third-order valence-corrected chi connectivity index (χ3v) is 2.68. The molecule has 5 N–H and O–H groups in total. The van der Waals surface area contributed by atoms with Gasteiger partial charge >= 0.3 is 0 Å². The minimum Gasteiger partial charge on any atom is -0.495 e. The Balaban J connectivity index is 2.28. The number of para-hydroxylation sites is 2. The lowest BCUT2D eigenvalue weighted by atomic mass is 10.1. The van der Waals surface area contributed by atoms with Crippen LogP contribution in [0.15, 0.2) is 42.5 Å². The molecular formula is C14H15N3O2. The van der Waals surface area contributed by atoms with Gasteiger partial charge in [0.2, 0.25) is 0 Å². The Kier molecular flexibility index (Phi) is 3.56. The Bertz CT molecular complexity index is 611. The molecule has 98 valence electrons. The summed E-state index contributed by atoms with van der Waals surface area (Å²) in [5.41, 5.74) is 13.2. The number of carbonyl (C=O) groups is 1. The number of hydrogen-bond acceptors (Lipinski definition) is 4. The van der Waals surface area contributed by atoms with Gasteiger partial charge in [0, 0.05) is 11.4 Å². The van der Waals surface area contributed by atoms with Crippen molar-refractivity contribution < 1.29 is 9.53 Å². The van der Waals surface area contributed by atoms with Crippen molar-refractivity contribution in [2.45, 2.75) is 0 Å². The van der Waals surface area contributed by atoms with Gasteiger partial charge in [-0.3, -0.25) is 4.79 Å². The summed E-state index contributed by atoms with van der Waals surface area (Å²) in [6.07, 6.45) is 0. The average Bonchev–Trinajstić information content (AvgIpc) is 2.42. The van der Waals surface area contributed by atoms with Gasteiger partial charge in [0.05, 0.1) is 18.4 Å². The van der Waals surface area contributed by atoms with Crippen LogP contribution in [-0.2, 0) is 0 Å². The molecule has 0 fully saturated rings. The molecule has 0 aliphatic heterocycles. The minimum absolute atomic E-state index is 0.325. The standard InChI is InChI=1S/C14H15N3O2/c1-19-13-5-3-2-4-12(13)17-14(18)10-8-9(15)6-7-11(10)16/h2-8H,15-16H2,1H3,(H,17,18). The number of methoxy groups -OCH3 is 1. The quantitative estimate of drug-likeness (QED) is 0.734. The highest BCUT2D eigenvalue weighted by Crippen LogP contribution is 2.25. The van der Waals surface area contributed by atoms with E-state index in [0.29, 0.717) is 28.4 Å². The topological polar surface area (TPSA) is 90.4 Å². The fourth-order valence-electron chi connectivity index (χ4n) is 1.71. The zero-order chi connectivity index (χ0) is 13.8. The molecule has 2 rings (SSSR count). The normalized spacial score (nSPS) is 9.95. The third-order valence-electron chi connectivity index (χ3n) is 2.68. The maximum atomic E-state index is 12.2. The molecule has 0 spiro atoms. The molecule has 0 unspecified atom stereocenters. The molecule has 0 radical (unpaired) electrons. The molecule has 0 saturated heterocycles. The number of nitrogens with two attached hydrogens (primary N) is 2. The molecule has 1 amide bonds. The number of rotatable bonds is 3. The molecule has 0 bridgehead atoms. The van der Waals surface area contributed by atoms with Crippen LogP contribution in [0.3, 0.4) is 0 Å². The molecule has 19 heavy (non-hydrogen) atoms. The van der Waals surface area contributed by atoms with E-state index < -0.39 is 0 Å². The summed E-state index contributed by atoms with van der Waals surface area (Å²) >= 11 is 0. The third kappa shape index (κ3) is 2.77. The predicted octanol–water partition coefficient (Wildman–Crippen LogP) is 2.11. The second kappa shape index (κ2) is 5.30. The van der Waals surface area contributed by atoms with Crippen LogP contribution < -0.4 is 21.5 Å².